The van der Waals surface area contributed by atoms with E-state index in [9.17, 15) is 19.1 Å². The Balaban J connectivity index is 2.04. The Bertz CT molecular complexity index is 505. The van der Waals surface area contributed by atoms with Crippen LogP contribution in [0.3, 0.4) is 0 Å². The van der Waals surface area contributed by atoms with Crippen molar-refractivity contribution in [2.24, 2.45) is 0 Å². The molecule has 1 aromatic carbocycles. The Labute approximate surface area is 123 Å². The van der Waals surface area contributed by atoms with Gasteiger partial charge >= 0.3 is 5.97 Å². The van der Waals surface area contributed by atoms with Crippen LogP contribution in [0.1, 0.15) is 44.1 Å². The van der Waals surface area contributed by atoms with Crippen molar-refractivity contribution in [3.8, 4) is 0 Å². The largest absolute Gasteiger partial charge is 0.480 e. The number of nitrogens with one attached hydrogen (secondary N) is 1. The van der Waals surface area contributed by atoms with Crippen molar-refractivity contribution < 1.29 is 19.1 Å². The van der Waals surface area contributed by atoms with Gasteiger partial charge in [0.05, 0.1) is 6.42 Å². The van der Waals surface area contributed by atoms with E-state index in [4.69, 9.17) is 0 Å². The number of benzene rings is 1. The summed E-state index contributed by atoms with van der Waals surface area (Å²) in [7, 11) is 0. The predicted molar refractivity (Wildman–Crippen MR) is 76.3 cm³/mol. The number of halogens is 1. The molecular formula is C16H20FNO3. The van der Waals surface area contributed by atoms with Crippen LogP contribution >= 0.6 is 0 Å². The second-order valence-electron chi connectivity index (χ2n) is 5.65. The Kier molecular flexibility index (Phi) is 4.94. The highest BCUT2D eigenvalue weighted by atomic mass is 19.1. The summed E-state index contributed by atoms with van der Waals surface area (Å²) in [4.78, 5) is 23.7. The van der Waals surface area contributed by atoms with Crippen molar-refractivity contribution in [3.63, 3.8) is 0 Å². The van der Waals surface area contributed by atoms with Crippen molar-refractivity contribution >= 4 is 11.9 Å². The van der Waals surface area contributed by atoms with Crippen LogP contribution in [-0.2, 0) is 16.0 Å². The molecule has 0 unspecified atom stereocenters. The van der Waals surface area contributed by atoms with Crippen LogP contribution in [0.4, 0.5) is 4.39 Å². The molecule has 0 aliphatic heterocycles. The second kappa shape index (κ2) is 6.70. The van der Waals surface area contributed by atoms with Gasteiger partial charge < -0.3 is 10.4 Å². The first kappa shape index (κ1) is 15.5. The van der Waals surface area contributed by atoms with Crippen molar-refractivity contribution in [2.45, 2.75) is 50.5 Å². The number of hydrogen-bond acceptors (Lipinski definition) is 2. The zero-order valence-corrected chi connectivity index (χ0v) is 11.9. The van der Waals surface area contributed by atoms with Gasteiger partial charge in [0.1, 0.15) is 11.4 Å². The molecule has 0 heterocycles. The summed E-state index contributed by atoms with van der Waals surface area (Å²) in [6, 6.07) is 5.66. The fraction of sp³-hybridized carbons (Fsp3) is 0.500. The molecule has 1 aliphatic carbocycles. The minimum absolute atomic E-state index is 0.0648. The molecule has 1 aromatic rings. The average molecular weight is 293 g/mol. The lowest BCUT2D eigenvalue weighted by Crippen LogP contribution is -2.54. The average Bonchev–Trinajstić information content (AvgIpc) is 2.68. The topological polar surface area (TPSA) is 66.4 Å². The normalized spacial score (nSPS) is 17.8. The molecule has 114 valence electrons. The molecule has 5 heteroatoms. The number of carbonyl (C=O) groups is 2. The van der Waals surface area contributed by atoms with E-state index in [0.29, 0.717) is 18.4 Å². The number of carboxylic acid groups (broad SMARTS) is 1. The maximum absolute atomic E-state index is 12.8. The van der Waals surface area contributed by atoms with Gasteiger partial charge in [-0.15, -0.1) is 0 Å². The molecule has 1 saturated carbocycles. The maximum Gasteiger partial charge on any atom is 0.329 e. The lowest BCUT2D eigenvalue weighted by Gasteiger charge is -2.29. The van der Waals surface area contributed by atoms with Crippen molar-refractivity contribution in [3.05, 3.63) is 35.6 Å². The van der Waals surface area contributed by atoms with Gasteiger partial charge in [0.2, 0.25) is 5.91 Å². The molecule has 1 fully saturated rings. The first-order valence-electron chi connectivity index (χ1n) is 7.31. The molecule has 0 atom stereocenters. The number of carbonyl (C=O) groups excluding carboxylic acids is 1. The monoisotopic (exact) mass is 293 g/mol. The van der Waals surface area contributed by atoms with Crippen molar-refractivity contribution in [2.75, 3.05) is 0 Å². The van der Waals surface area contributed by atoms with Crippen molar-refractivity contribution in [1.29, 1.82) is 0 Å². The third kappa shape index (κ3) is 4.03. The standard InChI is InChI=1S/C16H20FNO3/c17-13-7-5-12(6-8-13)11-14(19)18-16(15(20)21)9-3-1-2-4-10-16/h5-8H,1-4,9-11H2,(H,18,19)(H,20,21). The Hall–Kier alpha value is -1.91. The van der Waals surface area contributed by atoms with E-state index in [1.165, 1.54) is 24.3 Å². The fourth-order valence-corrected chi connectivity index (χ4v) is 2.82. The van der Waals surface area contributed by atoms with E-state index in [1.54, 1.807) is 0 Å². The maximum atomic E-state index is 12.8. The van der Waals surface area contributed by atoms with Gasteiger partial charge in [-0.1, -0.05) is 37.8 Å². The van der Waals surface area contributed by atoms with Gasteiger partial charge in [0.25, 0.3) is 0 Å². The molecule has 0 saturated heterocycles. The van der Waals surface area contributed by atoms with Gasteiger partial charge in [-0.05, 0) is 30.5 Å². The Morgan fingerprint density at radius 1 is 1.10 bits per heavy atom. The summed E-state index contributed by atoms with van der Waals surface area (Å²) in [5, 5.41) is 12.2. The van der Waals surface area contributed by atoms with Crippen molar-refractivity contribution in [1.82, 2.24) is 5.32 Å². The highest BCUT2D eigenvalue weighted by Gasteiger charge is 2.39. The van der Waals surface area contributed by atoms with Gasteiger partial charge in [-0.3, -0.25) is 4.79 Å². The number of hydrogen-bond donors (Lipinski definition) is 2. The molecule has 0 spiro atoms. The molecule has 2 N–H and O–H groups in total. The van der Waals surface area contributed by atoms with Crippen LogP contribution in [-0.4, -0.2) is 22.5 Å². The Morgan fingerprint density at radius 2 is 1.67 bits per heavy atom. The van der Waals surface area contributed by atoms with E-state index in [0.717, 1.165) is 25.7 Å². The summed E-state index contributed by atoms with van der Waals surface area (Å²) in [5.74, 6) is -1.65. The van der Waals surface area contributed by atoms with E-state index >= 15 is 0 Å². The summed E-state index contributed by atoms with van der Waals surface area (Å²) in [6.07, 6.45) is 4.63. The molecule has 1 amide bonds. The predicted octanol–water partition coefficient (Wildman–Crippen LogP) is 2.66. The van der Waals surface area contributed by atoms with Gasteiger partial charge in [-0.25, -0.2) is 9.18 Å². The quantitative estimate of drug-likeness (QED) is 0.839. The summed E-state index contributed by atoms with van der Waals surface area (Å²) in [5.41, 5.74) is -0.476. The van der Waals surface area contributed by atoms with E-state index in [2.05, 4.69) is 5.32 Å². The van der Waals surface area contributed by atoms with Crippen LogP contribution in [0.15, 0.2) is 24.3 Å². The minimum Gasteiger partial charge on any atom is -0.480 e. The van der Waals surface area contributed by atoms with E-state index < -0.39 is 11.5 Å². The van der Waals surface area contributed by atoms with Crippen LogP contribution in [0.25, 0.3) is 0 Å². The minimum atomic E-state index is -1.15. The zero-order chi connectivity index (χ0) is 15.3. The molecule has 0 radical (unpaired) electrons. The summed E-state index contributed by atoms with van der Waals surface area (Å²) < 4.78 is 12.8. The zero-order valence-electron chi connectivity index (χ0n) is 11.9. The number of carboxylic acids is 1. The van der Waals surface area contributed by atoms with Crippen LogP contribution in [0, 0.1) is 5.82 Å². The fourth-order valence-electron chi connectivity index (χ4n) is 2.82. The van der Waals surface area contributed by atoms with Crippen LogP contribution in [0.2, 0.25) is 0 Å². The van der Waals surface area contributed by atoms with Gasteiger partial charge in [0.15, 0.2) is 0 Å². The molecule has 0 bridgehead atoms. The lowest BCUT2D eigenvalue weighted by atomic mass is 9.90. The lowest BCUT2D eigenvalue weighted by molar-refractivity contribution is -0.148. The third-order valence-corrected chi connectivity index (χ3v) is 4.02. The number of amides is 1. The SMILES string of the molecule is O=C(Cc1ccc(F)cc1)NC1(C(=O)O)CCCCCC1. The molecule has 21 heavy (non-hydrogen) atoms. The number of aliphatic carboxylic acids is 1. The van der Waals surface area contributed by atoms with E-state index in [-0.39, 0.29) is 18.1 Å². The first-order chi connectivity index (χ1) is 10.0. The van der Waals surface area contributed by atoms with Crippen LogP contribution in [0.5, 0.6) is 0 Å². The molecule has 4 nitrogen and oxygen atoms in total. The first-order valence-corrected chi connectivity index (χ1v) is 7.31. The molecule has 1 aliphatic rings. The molecule has 2 rings (SSSR count). The highest BCUT2D eigenvalue weighted by Crippen LogP contribution is 2.27. The molecular weight excluding hydrogens is 273 g/mol. The van der Waals surface area contributed by atoms with Gasteiger partial charge in [-0.2, -0.15) is 0 Å². The summed E-state index contributed by atoms with van der Waals surface area (Å²) in [6.45, 7) is 0. The molecule has 0 aromatic heterocycles. The smallest absolute Gasteiger partial charge is 0.329 e. The van der Waals surface area contributed by atoms with Crippen LogP contribution < -0.4 is 5.32 Å². The van der Waals surface area contributed by atoms with E-state index in [1.807, 2.05) is 0 Å². The second-order valence-corrected chi connectivity index (χ2v) is 5.65. The summed E-state index contributed by atoms with van der Waals surface area (Å²) >= 11 is 0. The Morgan fingerprint density at radius 3 is 2.19 bits per heavy atom. The van der Waals surface area contributed by atoms with Gasteiger partial charge in [0, 0.05) is 0 Å². The third-order valence-electron chi connectivity index (χ3n) is 4.02. The highest BCUT2D eigenvalue weighted by molar-refractivity contribution is 5.88. The number of rotatable bonds is 4.